The fraction of sp³-hybridized carbons (Fsp3) is 0.391. The number of para-hydroxylation sites is 1. The van der Waals surface area contributed by atoms with E-state index >= 15 is 0 Å². The van der Waals surface area contributed by atoms with Gasteiger partial charge in [-0.3, -0.25) is 4.90 Å². The van der Waals surface area contributed by atoms with Gasteiger partial charge >= 0.3 is 0 Å². The van der Waals surface area contributed by atoms with Crippen LogP contribution < -0.4 is 0 Å². The molecule has 2 heteroatoms. The minimum absolute atomic E-state index is 0.624. The van der Waals surface area contributed by atoms with Crippen LogP contribution in [0.5, 0.6) is 0 Å². The Balaban J connectivity index is 1.57. The highest BCUT2D eigenvalue weighted by Crippen LogP contribution is 2.46. The number of nitrogens with zero attached hydrogens (tertiary/aromatic N) is 2. The Hall–Kier alpha value is -2.06. The quantitative estimate of drug-likeness (QED) is 0.664. The summed E-state index contributed by atoms with van der Waals surface area (Å²) in [5.41, 5.74) is 7.44. The van der Waals surface area contributed by atoms with Crippen LogP contribution >= 0.6 is 0 Å². The van der Waals surface area contributed by atoms with Crippen molar-refractivity contribution in [3.05, 3.63) is 70.9 Å². The highest BCUT2D eigenvalue weighted by atomic mass is 15.2. The maximum absolute atomic E-state index is 2.63. The maximum atomic E-state index is 2.63. The molecule has 0 N–H and O–H groups in total. The minimum Gasteiger partial charge on any atom is -0.344 e. The van der Waals surface area contributed by atoms with E-state index in [2.05, 4.69) is 72.0 Å². The van der Waals surface area contributed by atoms with E-state index in [1.54, 1.807) is 11.3 Å². The van der Waals surface area contributed by atoms with E-state index in [4.69, 9.17) is 0 Å². The molecule has 3 aromatic rings. The first-order valence-corrected chi connectivity index (χ1v) is 9.60. The lowest BCUT2D eigenvalue weighted by atomic mass is 9.97. The minimum atomic E-state index is 0.624. The van der Waals surface area contributed by atoms with Crippen molar-refractivity contribution < 1.29 is 0 Å². The summed E-state index contributed by atoms with van der Waals surface area (Å²) in [6.07, 6.45) is 4.99. The summed E-state index contributed by atoms with van der Waals surface area (Å²) in [5.74, 6) is 0. The van der Waals surface area contributed by atoms with Crippen molar-refractivity contribution >= 4 is 10.9 Å². The fourth-order valence-electron chi connectivity index (χ4n) is 5.06. The van der Waals surface area contributed by atoms with Gasteiger partial charge in [-0.05, 0) is 50.4 Å². The van der Waals surface area contributed by atoms with Crippen LogP contribution in [0.2, 0.25) is 0 Å². The number of aryl methyl sites for hydroxylation is 3. The molecule has 25 heavy (non-hydrogen) atoms. The maximum Gasteiger partial charge on any atom is 0.0486 e. The van der Waals surface area contributed by atoms with E-state index in [0.29, 0.717) is 6.04 Å². The zero-order valence-electron chi connectivity index (χ0n) is 15.2. The number of fused-ring (bicyclic) bond motifs is 6. The van der Waals surface area contributed by atoms with Gasteiger partial charge in [-0.2, -0.15) is 0 Å². The van der Waals surface area contributed by atoms with Crippen LogP contribution in [-0.2, 0) is 19.4 Å². The third-order valence-electron chi connectivity index (χ3n) is 6.47. The summed E-state index contributed by atoms with van der Waals surface area (Å²) in [5, 5.41) is 1.48. The molecule has 2 aliphatic rings. The highest BCUT2D eigenvalue weighted by molar-refractivity contribution is 5.86. The van der Waals surface area contributed by atoms with Crippen molar-refractivity contribution in [2.45, 2.75) is 51.2 Å². The Bertz CT molecular complexity index is 919. The standard InChI is InChI=1S/C23H26N2/c1-16-7-9-17(10-8-16)13-14-25-20-6-4-3-5-19(20)23-21-12-11-18(24(21)2)15-22(23)25/h3-10,18,21H,11-15H2,1-2H3. The molecular formula is C23H26N2. The molecule has 0 radical (unpaired) electrons. The van der Waals surface area contributed by atoms with Gasteiger partial charge in [0.1, 0.15) is 0 Å². The number of hydrogen-bond donors (Lipinski definition) is 0. The van der Waals surface area contributed by atoms with E-state index in [9.17, 15) is 0 Å². The molecule has 2 unspecified atom stereocenters. The predicted molar refractivity (Wildman–Crippen MR) is 104 cm³/mol. The first-order valence-electron chi connectivity index (χ1n) is 9.60. The van der Waals surface area contributed by atoms with Gasteiger partial charge in [0.2, 0.25) is 0 Å². The molecular weight excluding hydrogens is 304 g/mol. The van der Waals surface area contributed by atoms with Crippen LogP contribution in [0.15, 0.2) is 48.5 Å². The zero-order chi connectivity index (χ0) is 17.0. The summed E-state index contributed by atoms with van der Waals surface area (Å²) in [7, 11) is 2.32. The molecule has 3 heterocycles. The van der Waals surface area contributed by atoms with Crippen molar-refractivity contribution in [3.63, 3.8) is 0 Å². The van der Waals surface area contributed by atoms with Gasteiger partial charge in [-0.1, -0.05) is 48.0 Å². The summed E-state index contributed by atoms with van der Waals surface area (Å²) >= 11 is 0. The van der Waals surface area contributed by atoms with E-state index in [1.807, 2.05) is 0 Å². The van der Waals surface area contributed by atoms with Crippen LogP contribution in [0, 0.1) is 6.92 Å². The van der Waals surface area contributed by atoms with Crippen molar-refractivity contribution in [2.24, 2.45) is 0 Å². The van der Waals surface area contributed by atoms with Gasteiger partial charge in [-0.25, -0.2) is 0 Å². The number of hydrogen-bond acceptors (Lipinski definition) is 1. The molecule has 1 saturated heterocycles. The molecule has 5 rings (SSSR count). The lowest BCUT2D eigenvalue weighted by molar-refractivity contribution is 0.222. The SMILES string of the molecule is Cc1ccc(CCn2c3c(c4ccccc42)C2CCC(C3)N2C)cc1. The number of likely N-dealkylation sites (N-methyl/N-ethyl adjacent to an activating group) is 1. The molecule has 0 amide bonds. The average molecular weight is 330 g/mol. The van der Waals surface area contributed by atoms with Crippen LogP contribution in [0.3, 0.4) is 0 Å². The van der Waals surface area contributed by atoms with E-state index in [1.165, 1.54) is 41.3 Å². The monoisotopic (exact) mass is 330 g/mol. The van der Waals surface area contributed by atoms with E-state index < -0.39 is 0 Å². The normalized spacial score (nSPS) is 22.5. The second kappa shape index (κ2) is 5.74. The third-order valence-corrected chi connectivity index (χ3v) is 6.47. The van der Waals surface area contributed by atoms with Crippen LogP contribution in [0.25, 0.3) is 10.9 Å². The highest BCUT2D eigenvalue weighted by Gasteiger charge is 2.40. The van der Waals surface area contributed by atoms with Crippen molar-refractivity contribution in [1.29, 1.82) is 0 Å². The Labute approximate surface area is 150 Å². The molecule has 0 spiro atoms. The zero-order valence-corrected chi connectivity index (χ0v) is 15.2. The molecule has 2 bridgehead atoms. The Kier molecular flexibility index (Phi) is 3.49. The van der Waals surface area contributed by atoms with E-state index in [-0.39, 0.29) is 0 Å². The summed E-state index contributed by atoms with van der Waals surface area (Å²) in [6, 6.07) is 19.4. The van der Waals surface area contributed by atoms with Gasteiger partial charge in [0.05, 0.1) is 0 Å². The predicted octanol–water partition coefficient (Wildman–Crippen LogP) is 4.88. The second-order valence-corrected chi connectivity index (χ2v) is 7.88. The molecule has 2 aromatic carbocycles. The number of aromatic nitrogens is 1. The molecule has 2 atom stereocenters. The van der Waals surface area contributed by atoms with Crippen molar-refractivity contribution in [2.75, 3.05) is 7.05 Å². The smallest absolute Gasteiger partial charge is 0.0486 e. The van der Waals surface area contributed by atoms with Crippen LogP contribution in [0.1, 0.15) is 41.3 Å². The Morgan fingerprint density at radius 1 is 1.00 bits per heavy atom. The molecule has 128 valence electrons. The lowest BCUT2D eigenvalue weighted by Crippen LogP contribution is -2.34. The molecule has 1 fully saturated rings. The lowest BCUT2D eigenvalue weighted by Gasteiger charge is -2.32. The third kappa shape index (κ3) is 2.35. The van der Waals surface area contributed by atoms with Crippen molar-refractivity contribution in [3.8, 4) is 0 Å². The molecule has 2 nitrogen and oxygen atoms in total. The summed E-state index contributed by atoms with van der Waals surface area (Å²) < 4.78 is 2.63. The Morgan fingerprint density at radius 2 is 1.80 bits per heavy atom. The number of benzene rings is 2. The average Bonchev–Trinajstić information content (AvgIpc) is 3.05. The summed E-state index contributed by atoms with van der Waals surface area (Å²) in [6.45, 7) is 3.24. The van der Waals surface area contributed by atoms with Crippen molar-refractivity contribution in [1.82, 2.24) is 9.47 Å². The topological polar surface area (TPSA) is 8.17 Å². The molecule has 0 aliphatic carbocycles. The van der Waals surface area contributed by atoms with E-state index in [0.717, 1.165) is 19.0 Å². The molecule has 2 aliphatic heterocycles. The van der Waals surface area contributed by atoms with Gasteiger partial charge in [0, 0.05) is 41.6 Å². The first-order chi connectivity index (χ1) is 12.2. The second-order valence-electron chi connectivity index (χ2n) is 7.88. The van der Waals surface area contributed by atoms with Gasteiger partial charge in [0.25, 0.3) is 0 Å². The summed E-state index contributed by atoms with van der Waals surface area (Å²) in [4.78, 5) is 2.62. The largest absolute Gasteiger partial charge is 0.344 e. The molecule has 0 saturated carbocycles. The van der Waals surface area contributed by atoms with Gasteiger partial charge < -0.3 is 4.57 Å². The fourth-order valence-corrected chi connectivity index (χ4v) is 5.06. The molecule has 1 aromatic heterocycles. The first kappa shape index (κ1) is 15.2. The number of rotatable bonds is 3. The van der Waals surface area contributed by atoms with Crippen LogP contribution in [-0.4, -0.2) is 22.6 Å². The van der Waals surface area contributed by atoms with Gasteiger partial charge in [0.15, 0.2) is 0 Å². The Morgan fingerprint density at radius 3 is 2.64 bits per heavy atom. The van der Waals surface area contributed by atoms with Crippen LogP contribution in [0.4, 0.5) is 0 Å². The van der Waals surface area contributed by atoms with Gasteiger partial charge in [-0.15, -0.1) is 0 Å².